The Labute approximate surface area is 123 Å². The number of aliphatic hydroxyl groups excluding tert-OH is 1. The van der Waals surface area contributed by atoms with Crippen molar-refractivity contribution in [1.82, 2.24) is 0 Å². The summed E-state index contributed by atoms with van der Waals surface area (Å²) in [5.74, 6) is 2.83. The van der Waals surface area contributed by atoms with E-state index in [1.54, 1.807) is 0 Å². The fourth-order valence-corrected chi connectivity index (χ4v) is 6.79. The minimum atomic E-state index is -0.329. The smallest absolute Gasteiger partial charge is 0.0678 e. The van der Waals surface area contributed by atoms with Gasteiger partial charge >= 0.3 is 0 Å². The lowest BCUT2D eigenvalue weighted by atomic mass is 9.49. The molecule has 0 aliphatic heterocycles. The van der Waals surface area contributed by atoms with Crippen LogP contribution in [0, 0.1) is 29.1 Å². The zero-order valence-corrected chi connectivity index (χ0v) is 12.9. The van der Waals surface area contributed by atoms with Crippen LogP contribution < -0.4 is 0 Å². The summed E-state index contributed by atoms with van der Waals surface area (Å²) in [6, 6.07) is 0. The molecule has 4 rings (SSSR count). The van der Waals surface area contributed by atoms with E-state index in [-0.39, 0.29) is 17.1 Å². The molecule has 4 aliphatic carbocycles. The second-order valence-electron chi connectivity index (χ2n) is 8.57. The molecule has 0 aromatic rings. The third-order valence-electron chi connectivity index (χ3n) is 7.93. The van der Waals surface area contributed by atoms with E-state index in [0.717, 1.165) is 37.0 Å². The fourth-order valence-electron chi connectivity index (χ4n) is 6.79. The van der Waals surface area contributed by atoms with E-state index in [2.05, 4.69) is 6.92 Å². The van der Waals surface area contributed by atoms with Crippen LogP contribution >= 0.6 is 0 Å². The highest BCUT2D eigenvalue weighted by Gasteiger charge is 2.59. The van der Waals surface area contributed by atoms with Gasteiger partial charge in [-0.3, -0.25) is 0 Å². The Bertz CT molecular complexity index is 391. The molecule has 0 radical (unpaired) electrons. The van der Waals surface area contributed by atoms with Gasteiger partial charge < -0.3 is 10.2 Å². The van der Waals surface area contributed by atoms with Crippen molar-refractivity contribution in [2.75, 3.05) is 0 Å². The van der Waals surface area contributed by atoms with E-state index >= 15 is 0 Å². The van der Waals surface area contributed by atoms with E-state index < -0.39 is 0 Å². The number of hydrogen-bond acceptors (Lipinski definition) is 2. The molecular formula is C18H30O2. The average molecular weight is 278 g/mol. The number of hydrogen-bond donors (Lipinski definition) is 2. The maximum Gasteiger partial charge on any atom is 0.0678 e. The summed E-state index contributed by atoms with van der Waals surface area (Å²) < 4.78 is 0. The lowest BCUT2D eigenvalue weighted by Crippen LogP contribution is -2.55. The van der Waals surface area contributed by atoms with Gasteiger partial charge in [0.1, 0.15) is 0 Å². The first-order valence-electron chi connectivity index (χ1n) is 8.95. The maximum atomic E-state index is 11.0. The molecule has 20 heavy (non-hydrogen) atoms. The second kappa shape index (κ2) is 4.46. The molecule has 0 bridgehead atoms. The standard InChI is InChI=1S/C18H30O2/c1-17-10-7-13-12(14(17)5-6-16(17)19)8-11-18(20)9-3-2-4-15(13)18/h12-16,19-20H,2-11H2,1H3/t12-,13+,14+,15-,16-,17+,18?/m1/s1. The van der Waals surface area contributed by atoms with Crippen molar-refractivity contribution in [2.24, 2.45) is 29.1 Å². The van der Waals surface area contributed by atoms with Crippen LogP contribution in [0.25, 0.3) is 0 Å². The van der Waals surface area contributed by atoms with Crippen LogP contribution in [0.1, 0.15) is 71.1 Å². The molecule has 0 aromatic heterocycles. The highest BCUT2D eigenvalue weighted by atomic mass is 16.3. The molecule has 0 aromatic carbocycles. The van der Waals surface area contributed by atoms with Crippen LogP contribution in [0.15, 0.2) is 0 Å². The van der Waals surface area contributed by atoms with Gasteiger partial charge in [0, 0.05) is 0 Å². The van der Waals surface area contributed by atoms with Crippen molar-refractivity contribution in [3.05, 3.63) is 0 Å². The lowest BCUT2D eigenvalue weighted by Gasteiger charge is -2.57. The van der Waals surface area contributed by atoms with Gasteiger partial charge in [0.25, 0.3) is 0 Å². The van der Waals surface area contributed by atoms with Crippen molar-refractivity contribution in [3.63, 3.8) is 0 Å². The van der Waals surface area contributed by atoms with Gasteiger partial charge in [-0.05, 0) is 80.5 Å². The molecule has 4 saturated carbocycles. The molecule has 2 nitrogen and oxygen atoms in total. The first-order valence-corrected chi connectivity index (χ1v) is 8.95. The van der Waals surface area contributed by atoms with E-state index in [4.69, 9.17) is 0 Å². The molecule has 1 unspecified atom stereocenters. The van der Waals surface area contributed by atoms with Crippen molar-refractivity contribution < 1.29 is 10.2 Å². The normalized spacial score (nSPS) is 58.6. The molecule has 114 valence electrons. The van der Waals surface area contributed by atoms with Crippen molar-refractivity contribution >= 4 is 0 Å². The molecule has 2 N–H and O–H groups in total. The number of rotatable bonds is 0. The molecule has 0 spiro atoms. The molecule has 0 amide bonds. The SMILES string of the molecule is C[C@]12CC[C@H]3[C@@H](CCC4(O)CCCC[C@H]34)[C@@H]1CC[C@H]2O. The first-order chi connectivity index (χ1) is 9.55. The molecule has 0 heterocycles. The Morgan fingerprint density at radius 1 is 0.800 bits per heavy atom. The maximum absolute atomic E-state index is 11.0. The lowest BCUT2D eigenvalue weighted by molar-refractivity contribution is -0.155. The molecule has 0 saturated heterocycles. The van der Waals surface area contributed by atoms with Crippen LogP contribution in [0.3, 0.4) is 0 Å². The highest BCUT2D eigenvalue weighted by molar-refractivity contribution is 5.08. The minimum absolute atomic E-state index is 0.0689. The molecular weight excluding hydrogens is 248 g/mol. The van der Waals surface area contributed by atoms with Crippen LogP contribution in [-0.4, -0.2) is 21.9 Å². The molecule has 4 aliphatic rings. The van der Waals surface area contributed by atoms with Crippen LogP contribution in [0.4, 0.5) is 0 Å². The summed E-state index contributed by atoms with van der Waals surface area (Å²) in [6.45, 7) is 2.34. The first kappa shape index (κ1) is 13.6. The largest absolute Gasteiger partial charge is 0.393 e. The van der Waals surface area contributed by atoms with Crippen LogP contribution in [0.5, 0.6) is 0 Å². The van der Waals surface area contributed by atoms with Gasteiger partial charge in [-0.25, -0.2) is 0 Å². The topological polar surface area (TPSA) is 40.5 Å². The predicted octanol–water partition coefficient (Wildman–Crippen LogP) is 3.50. The summed E-state index contributed by atoms with van der Waals surface area (Å²) >= 11 is 0. The zero-order valence-electron chi connectivity index (χ0n) is 12.9. The van der Waals surface area contributed by atoms with Crippen molar-refractivity contribution in [3.8, 4) is 0 Å². The third-order valence-corrected chi connectivity index (χ3v) is 7.93. The summed E-state index contributed by atoms with van der Waals surface area (Å²) in [5, 5.41) is 21.4. The summed E-state index contributed by atoms with van der Waals surface area (Å²) in [4.78, 5) is 0. The molecule has 4 fully saturated rings. The van der Waals surface area contributed by atoms with Gasteiger partial charge in [-0.15, -0.1) is 0 Å². The van der Waals surface area contributed by atoms with E-state index in [1.165, 1.54) is 44.9 Å². The average Bonchev–Trinajstić information content (AvgIpc) is 2.74. The Balaban J connectivity index is 1.62. The van der Waals surface area contributed by atoms with E-state index in [1.807, 2.05) is 0 Å². The third kappa shape index (κ3) is 1.70. The number of fused-ring (bicyclic) bond motifs is 5. The Morgan fingerprint density at radius 2 is 1.55 bits per heavy atom. The van der Waals surface area contributed by atoms with Gasteiger partial charge in [-0.2, -0.15) is 0 Å². The van der Waals surface area contributed by atoms with Gasteiger partial charge in [-0.1, -0.05) is 19.8 Å². The summed E-state index contributed by atoms with van der Waals surface area (Å²) in [6.07, 6.45) is 11.7. The molecule has 2 heteroatoms. The van der Waals surface area contributed by atoms with Crippen LogP contribution in [0.2, 0.25) is 0 Å². The quantitative estimate of drug-likeness (QED) is 0.712. The monoisotopic (exact) mass is 278 g/mol. The van der Waals surface area contributed by atoms with Gasteiger partial charge in [0.2, 0.25) is 0 Å². The van der Waals surface area contributed by atoms with Gasteiger partial charge in [0.15, 0.2) is 0 Å². The van der Waals surface area contributed by atoms with E-state index in [0.29, 0.717) is 5.92 Å². The second-order valence-corrected chi connectivity index (χ2v) is 8.57. The van der Waals surface area contributed by atoms with Crippen LogP contribution in [-0.2, 0) is 0 Å². The van der Waals surface area contributed by atoms with Crippen molar-refractivity contribution in [1.29, 1.82) is 0 Å². The van der Waals surface area contributed by atoms with E-state index in [9.17, 15) is 10.2 Å². The Morgan fingerprint density at radius 3 is 2.40 bits per heavy atom. The highest BCUT2D eigenvalue weighted by Crippen LogP contribution is 2.63. The predicted molar refractivity (Wildman–Crippen MR) is 79.2 cm³/mol. The summed E-state index contributed by atoms with van der Waals surface area (Å²) in [7, 11) is 0. The Kier molecular flexibility index (Phi) is 3.03. The van der Waals surface area contributed by atoms with Crippen molar-refractivity contribution in [2.45, 2.75) is 82.8 Å². The Hall–Kier alpha value is -0.0800. The summed E-state index contributed by atoms with van der Waals surface area (Å²) in [5.41, 5.74) is -0.143. The van der Waals surface area contributed by atoms with Gasteiger partial charge in [0.05, 0.1) is 11.7 Å². The number of aliphatic hydroxyl groups is 2. The molecule has 7 atom stereocenters. The minimum Gasteiger partial charge on any atom is -0.393 e. The fraction of sp³-hybridized carbons (Fsp3) is 1.00. The zero-order chi connectivity index (χ0) is 14.0.